The molecule has 1 aromatic carbocycles. The van der Waals surface area contributed by atoms with E-state index in [0.717, 1.165) is 6.42 Å². The molecule has 0 spiro atoms. The summed E-state index contributed by atoms with van der Waals surface area (Å²) in [4.78, 5) is 41.4. The number of amides is 2. The summed E-state index contributed by atoms with van der Waals surface area (Å²) in [5.74, 6) is -0.473. The fraction of sp³-hybridized carbons (Fsp3) is 0.320. The zero-order chi connectivity index (χ0) is 26.1. The van der Waals surface area contributed by atoms with Gasteiger partial charge in [-0.2, -0.15) is 0 Å². The summed E-state index contributed by atoms with van der Waals surface area (Å²) < 4.78 is 22.1. The normalized spacial score (nSPS) is 22.3. The summed E-state index contributed by atoms with van der Waals surface area (Å²) in [6, 6.07) is 7.36. The Bertz CT molecular complexity index is 1610. The van der Waals surface area contributed by atoms with Gasteiger partial charge in [0.05, 0.1) is 18.0 Å². The number of nitrogen functional groups attached to an aromatic ring is 1. The third-order valence-corrected chi connectivity index (χ3v) is 7.87. The molecule has 2 fully saturated rings. The third kappa shape index (κ3) is 3.78. The summed E-state index contributed by atoms with van der Waals surface area (Å²) in [6.45, 7) is 1.94. The average molecular weight is 568 g/mol. The smallest absolute Gasteiger partial charge is 0.248 e. The Labute approximate surface area is 219 Å². The van der Waals surface area contributed by atoms with Crippen LogP contribution < -0.4 is 15.8 Å². The highest BCUT2D eigenvalue weighted by molar-refractivity contribution is 9.10. The van der Waals surface area contributed by atoms with E-state index in [2.05, 4.69) is 43.1 Å². The average Bonchev–Trinajstić information content (AvgIpc) is 3.28. The monoisotopic (exact) mass is 567 g/mol. The molecule has 1 aliphatic heterocycles. The molecule has 12 heteroatoms. The van der Waals surface area contributed by atoms with Crippen LogP contribution in [0.1, 0.15) is 19.8 Å². The van der Waals surface area contributed by atoms with E-state index < -0.39 is 11.9 Å². The van der Waals surface area contributed by atoms with Crippen LogP contribution in [0.2, 0.25) is 0 Å². The Hall–Kier alpha value is -3.80. The van der Waals surface area contributed by atoms with Crippen molar-refractivity contribution in [3.63, 3.8) is 0 Å². The first-order valence-corrected chi connectivity index (χ1v) is 12.5. The lowest BCUT2D eigenvalue weighted by Crippen LogP contribution is -2.46. The Kier molecular flexibility index (Phi) is 5.34. The van der Waals surface area contributed by atoms with Crippen LogP contribution >= 0.6 is 15.9 Å². The lowest BCUT2D eigenvalue weighted by atomic mass is 10.0. The minimum atomic E-state index is -0.651. The van der Waals surface area contributed by atoms with Crippen molar-refractivity contribution in [2.75, 3.05) is 18.2 Å². The molecule has 0 bridgehead atoms. The standard InChI is InChI=1S/C25H23BrFN7O3/c1-25-8-15(24(36)32-19-5-3-4-18(26)31-19)34(17(25)9-25)20(35)10-33-14-7-13(27)16(37-2)6-12(14)21-22(28)29-11-30-23(21)33/h3-7,11,15,17H,8-10H2,1-2H3,(H2,28,29,30)(H,31,32,36)/t15-,17+,25-/m0/s1. The van der Waals surface area contributed by atoms with Gasteiger partial charge in [0, 0.05) is 17.5 Å². The first-order chi connectivity index (χ1) is 17.7. The second kappa shape index (κ2) is 8.37. The van der Waals surface area contributed by atoms with E-state index in [4.69, 9.17) is 10.5 Å². The van der Waals surface area contributed by atoms with Crippen LogP contribution in [0.5, 0.6) is 5.75 Å². The summed E-state index contributed by atoms with van der Waals surface area (Å²) in [5.41, 5.74) is 6.88. The summed E-state index contributed by atoms with van der Waals surface area (Å²) in [5, 5.41) is 3.92. The van der Waals surface area contributed by atoms with Gasteiger partial charge >= 0.3 is 0 Å². The molecule has 1 aliphatic carbocycles. The lowest BCUT2D eigenvalue weighted by Gasteiger charge is -2.27. The molecule has 10 nitrogen and oxygen atoms in total. The van der Waals surface area contributed by atoms with Crippen molar-refractivity contribution >= 4 is 61.3 Å². The highest BCUT2D eigenvalue weighted by atomic mass is 79.9. The highest BCUT2D eigenvalue weighted by Gasteiger charge is 2.64. The first-order valence-electron chi connectivity index (χ1n) is 11.7. The molecule has 190 valence electrons. The number of fused-ring (bicyclic) bond motifs is 4. The molecular weight excluding hydrogens is 545 g/mol. The van der Waals surface area contributed by atoms with Gasteiger partial charge < -0.3 is 25.3 Å². The van der Waals surface area contributed by atoms with E-state index in [0.29, 0.717) is 38.8 Å². The van der Waals surface area contributed by atoms with Gasteiger partial charge in [0.25, 0.3) is 0 Å². The zero-order valence-electron chi connectivity index (χ0n) is 20.0. The third-order valence-electron chi connectivity index (χ3n) is 7.43. The number of piperidine rings is 1. The molecule has 4 aromatic rings. The molecule has 2 aliphatic rings. The number of nitrogens with zero attached hydrogens (tertiary/aromatic N) is 5. The van der Waals surface area contributed by atoms with Crippen LogP contribution in [0.4, 0.5) is 16.0 Å². The Morgan fingerprint density at radius 2 is 2.11 bits per heavy atom. The number of carbonyl (C=O) groups excluding carboxylic acids is 2. The van der Waals surface area contributed by atoms with Crippen molar-refractivity contribution in [3.8, 4) is 5.75 Å². The number of anilines is 2. The lowest BCUT2D eigenvalue weighted by molar-refractivity contribution is -0.138. The molecule has 3 aromatic heterocycles. The van der Waals surface area contributed by atoms with Crippen LogP contribution in [0.15, 0.2) is 41.3 Å². The molecule has 2 amide bonds. The summed E-state index contributed by atoms with van der Waals surface area (Å²) in [6.07, 6.45) is 2.68. The maximum absolute atomic E-state index is 14.7. The molecular formula is C25H23BrFN7O3. The predicted molar refractivity (Wildman–Crippen MR) is 138 cm³/mol. The molecule has 1 saturated carbocycles. The van der Waals surface area contributed by atoms with E-state index in [9.17, 15) is 14.0 Å². The van der Waals surface area contributed by atoms with Crippen LogP contribution in [0.3, 0.4) is 0 Å². The fourth-order valence-electron chi connectivity index (χ4n) is 5.51. The minimum Gasteiger partial charge on any atom is -0.494 e. The summed E-state index contributed by atoms with van der Waals surface area (Å²) >= 11 is 3.30. The summed E-state index contributed by atoms with van der Waals surface area (Å²) in [7, 11) is 1.38. The molecule has 4 heterocycles. The topological polar surface area (TPSA) is 128 Å². The van der Waals surface area contributed by atoms with Gasteiger partial charge in [-0.05, 0) is 52.4 Å². The highest BCUT2D eigenvalue weighted by Crippen LogP contribution is 2.59. The van der Waals surface area contributed by atoms with Gasteiger partial charge in [0.2, 0.25) is 11.8 Å². The van der Waals surface area contributed by atoms with E-state index >= 15 is 0 Å². The number of halogens is 2. The molecule has 0 radical (unpaired) electrons. The van der Waals surface area contributed by atoms with Crippen LogP contribution in [-0.4, -0.2) is 55.4 Å². The van der Waals surface area contributed by atoms with E-state index in [1.807, 2.05) is 0 Å². The number of nitrogens with one attached hydrogen (secondary N) is 1. The largest absolute Gasteiger partial charge is 0.494 e. The molecule has 0 unspecified atom stereocenters. The van der Waals surface area contributed by atoms with Crippen molar-refractivity contribution in [3.05, 3.63) is 47.1 Å². The van der Waals surface area contributed by atoms with Gasteiger partial charge in [-0.15, -0.1) is 0 Å². The van der Waals surface area contributed by atoms with Gasteiger partial charge in [0.15, 0.2) is 11.6 Å². The number of ether oxygens (including phenoxy) is 1. The van der Waals surface area contributed by atoms with Crippen molar-refractivity contribution in [1.29, 1.82) is 0 Å². The number of pyridine rings is 1. The molecule has 3 atom stereocenters. The van der Waals surface area contributed by atoms with E-state index in [1.165, 1.54) is 25.6 Å². The number of hydrogen-bond acceptors (Lipinski definition) is 7. The van der Waals surface area contributed by atoms with Crippen molar-refractivity contribution in [2.24, 2.45) is 5.41 Å². The number of carbonyl (C=O) groups is 2. The Balaban J connectivity index is 1.36. The maximum Gasteiger partial charge on any atom is 0.248 e. The number of rotatable bonds is 5. The Morgan fingerprint density at radius 3 is 2.86 bits per heavy atom. The number of benzene rings is 1. The van der Waals surface area contributed by atoms with Crippen molar-refractivity contribution in [2.45, 2.75) is 38.4 Å². The molecule has 37 heavy (non-hydrogen) atoms. The Morgan fingerprint density at radius 1 is 1.30 bits per heavy atom. The van der Waals surface area contributed by atoms with Crippen LogP contribution in [0.25, 0.3) is 21.9 Å². The molecule has 6 rings (SSSR count). The van der Waals surface area contributed by atoms with Gasteiger partial charge in [0.1, 0.15) is 40.8 Å². The minimum absolute atomic E-state index is 0.0455. The van der Waals surface area contributed by atoms with E-state index in [1.54, 1.807) is 27.7 Å². The number of likely N-dealkylation sites (tertiary alicyclic amines) is 1. The van der Waals surface area contributed by atoms with Gasteiger partial charge in [-0.25, -0.2) is 19.3 Å². The number of hydrogen-bond donors (Lipinski definition) is 2. The van der Waals surface area contributed by atoms with Gasteiger partial charge in [-0.3, -0.25) is 9.59 Å². The zero-order valence-corrected chi connectivity index (χ0v) is 21.6. The van der Waals surface area contributed by atoms with Crippen LogP contribution in [-0.2, 0) is 16.1 Å². The number of aromatic nitrogens is 4. The molecule has 3 N–H and O–H groups in total. The van der Waals surface area contributed by atoms with Gasteiger partial charge in [-0.1, -0.05) is 13.0 Å². The second-order valence-corrected chi connectivity index (χ2v) is 10.6. The quantitative estimate of drug-likeness (QED) is 0.353. The fourth-order valence-corrected chi connectivity index (χ4v) is 5.86. The molecule has 1 saturated heterocycles. The van der Waals surface area contributed by atoms with Crippen LogP contribution in [0, 0.1) is 11.2 Å². The SMILES string of the molecule is COc1cc2c3c(N)ncnc3n(CC(=O)N3[C@H](C(=O)Nc4cccc(Br)n4)C[C@@]4(C)C[C@@H]34)c2cc1F. The first kappa shape index (κ1) is 23.6. The van der Waals surface area contributed by atoms with Crippen molar-refractivity contribution in [1.82, 2.24) is 24.4 Å². The second-order valence-electron chi connectivity index (χ2n) is 9.78. The number of nitrogens with two attached hydrogens (primary N) is 1. The predicted octanol–water partition coefficient (Wildman–Crippen LogP) is 3.49. The van der Waals surface area contributed by atoms with E-state index in [-0.39, 0.29) is 41.4 Å². The number of methoxy groups -OCH3 is 1. The maximum atomic E-state index is 14.7. The van der Waals surface area contributed by atoms with Crippen molar-refractivity contribution < 1.29 is 18.7 Å².